The van der Waals surface area contributed by atoms with Gasteiger partial charge in [0.15, 0.2) is 11.0 Å². The molecule has 4 aromatic rings. The van der Waals surface area contributed by atoms with Gasteiger partial charge < -0.3 is 0 Å². The summed E-state index contributed by atoms with van der Waals surface area (Å²) in [5.74, 6) is 0.769. The summed E-state index contributed by atoms with van der Waals surface area (Å²) in [6, 6.07) is 16.1. The summed E-state index contributed by atoms with van der Waals surface area (Å²) in [6.07, 6.45) is 1.05. The quantitative estimate of drug-likeness (QED) is 0.425. The van der Waals surface area contributed by atoms with Crippen molar-refractivity contribution in [3.05, 3.63) is 69.6 Å². The number of rotatable bonds is 6. The van der Waals surface area contributed by atoms with Crippen LogP contribution in [0.15, 0.2) is 58.5 Å². The van der Waals surface area contributed by atoms with Gasteiger partial charge in [-0.15, -0.1) is 10.2 Å². The number of hydrogen-bond acceptors (Lipinski definition) is 5. The highest BCUT2D eigenvalue weighted by molar-refractivity contribution is 7.99. The molecule has 0 radical (unpaired) electrons. The highest BCUT2D eigenvalue weighted by Crippen LogP contribution is 2.29. The number of benzene rings is 2. The summed E-state index contributed by atoms with van der Waals surface area (Å²) in [4.78, 5) is 12.6. The summed E-state index contributed by atoms with van der Waals surface area (Å²) < 4.78 is 4.88. The highest BCUT2D eigenvalue weighted by atomic mass is 32.2. The summed E-state index contributed by atoms with van der Waals surface area (Å²) in [6.45, 7) is 6.84. The SMILES string of the molecule is CCC(C)Sc1nnc(Cn2c(=O)sc3ccccc32)n1-c1ccccc1C. The highest BCUT2D eigenvalue weighted by Gasteiger charge is 2.19. The summed E-state index contributed by atoms with van der Waals surface area (Å²) in [5, 5.41) is 10.3. The molecule has 7 heteroatoms. The van der Waals surface area contributed by atoms with Crippen molar-refractivity contribution >= 4 is 33.3 Å². The number of fused-ring (bicyclic) bond motifs is 1. The Morgan fingerprint density at radius 2 is 1.86 bits per heavy atom. The zero-order valence-electron chi connectivity index (χ0n) is 16.1. The van der Waals surface area contributed by atoms with Gasteiger partial charge >= 0.3 is 4.87 Å². The van der Waals surface area contributed by atoms with E-state index < -0.39 is 0 Å². The third-order valence-electron chi connectivity index (χ3n) is 4.81. The molecule has 0 aliphatic rings. The van der Waals surface area contributed by atoms with Crippen LogP contribution in [-0.4, -0.2) is 24.6 Å². The van der Waals surface area contributed by atoms with E-state index in [2.05, 4.69) is 47.7 Å². The Kier molecular flexibility index (Phi) is 5.37. The molecule has 0 spiro atoms. The fourth-order valence-electron chi connectivity index (χ4n) is 3.10. The van der Waals surface area contributed by atoms with Crippen LogP contribution in [0.4, 0.5) is 0 Å². The number of nitrogens with zero attached hydrogens (tertiary/aromatic N) is 4. The van der Waals surface area contributed by atoms with Crippen molar-refractivity contribution in [3.8, 4) is 5.69 Å². The zero-order chi connectivity index (χ0) is 19.7. The lowest BCUT2D eigenvalue weighted by Gasteiger charge is -2.14. The van der Waals surface area contributed by atoms with Gasteiger partial charge in [0.05, 0.1) is 22.4 Å². The van der Waals surface area contributed by atoms with Crippen molar-refractivity contribution in [2.24, 2.45) is 0 Å². The average molecular weight is 411 g/mol. The van der Waals surface area contributed by atoms with Gasteiger partial charge in [-0.1, -0.05) is 67.3 Å². The van der Waals surface area contributed by atoms with Gasteiger partial charge in [-0.05, 0) is 37.1 Å². The molecule has 0 amide bonds. The van der Waals surface area contributed by atoms with Crippen LogP contribution in [-0.2, 0) is 6.54 Å². The summed E-state index contributed by atoms with van der Waals surface area (Å²) >= 11 is 2.99. The molecule has 2 aromatic carbocycles. The first-order valence-corrected chi connectivity index (χ1v) is 11.0. The number of thioether (sulfide) groups is 1. The Hall–Kier alpha value is -2.38. The van der Waals surface area contributed by atoms with E-state index in [0.717, 1.165) is 38.9 Å². The number of para-hydroxylation sites is 2. The molecule has 0 bridgehead atoms. The lowest BCUT2D eigenvalue weighted by molar-refractivity contribution is 0.723. The third kappa shape index (κ3) is 3.52. The second-order valence-corrected chi connectivity index (χ2v) is 9.18. The minimum absolute atomic E-state index is 0.0247. The second-order valence-electron chi connectivity index (χ2n) is 6.78. The first-order valence-electron chi connectivity index (χ1n) is 9.33. The van der Waals surface area contributed by atoms with E-state index >= 15 is 0 Å². The number of hydrogen-bond donors (Lipinski definition) is 0. The minimum atomic E-state index is 0.0247. The molecule has 144 valence electrons. The average Bonchev–Trinajstić information content (AvgIpc) is 3.23. The van der Waals surface area contributed by atoms with Gasteiger partial charge in [0, 0.05) is 5.25 Å². The smallest absolute Gasteiger partial charge is 0.291 e. The summed E-state index contributed by atoms with van der Waals surface area (Å²) in [5.41, 5.74) is 3.14. The first kappa shape index (κ1) is 19.0. The van der Waals surface area contributed by atoms with Crippen LogP contribution in [0.25, 0.3) is 15.9 Å². The first-order chi connectivity index (χ1) is 13.6. The van der Waals surface area contributed by atoms with Crippen molar-refractivity contribution in [2.75, 3.05) is 0 Å². The molecule has 2 heterocycles. The van der Waals surface area contributed by atoms with Gasteiger partial charge in [0.25, 0.3) is 0 Å². The van der Waals surface area contributed by atoms with Gasteiger partial charge in [0.1, 0.15) is 0 Å². The largest absolute Gasteiger partial charge is 0.308 e. The zero-order valence-corrected chi connectivity index (χ0v) is 17.8. The molecule has 1 atom stereocenters. The molecular formula is C21H22N4OS2. The van der Waals surface area contributed by atoms with Crippen molar-refractivity contribution in [2.45, 2.75) is 44.1 Å². The van der Waals surface area contributed by atoms with Crippen molar-refractivity contribution < 1.29 is 0 Å². The van der Waals surface area contributed by atoms with Gasteiger partial charge in [0.2, 0.25) is 0 Å². The van der Waals surface area contributed by atoms with Gasteiger partial charge in [-0.2, -0.15) is 0 Å². The molecule has 0 saturated heterocycles. The Bertz CT molecular complexity index is 1170. The van der Waals surface area contributed by atoms with E-state index in [0.29, 0.717) is 11.8 Å². The van der Waals surface area contributed by atoms with Crippen molar-refractivity contribution in [1.82, 2.24) is 19.3 Å². The van der Waals surface area contributed by atoms with Crippen LogP contribution in [0.3, 0.4) is 0 Å². The molecule has 0 saturated carbocycles. The van der Waals surface area contributed by atoms with E-state index in [4.69, 9.17) is 0 Å². The molecular weight excluding hydrogens is 388 g/mol. The molecule has 0 aliphatic heterocycles. The minimum Gasteiger partial charge on any atom is -0.291 e. The monoisotopic (exact) mass is 410 g/mol. The Balaban J connectivity index is 1.84. The number of aromatic nitrogens is 4. The van der Waals surface area contributed by atoms with Crippen molar-refractivity contribution in [1.29, 1.82) is 0 Å². The molecule has 0 N–H and O–H groups in total. The molecule has 4 rings (SSSR count). The number of thiazole rings is 1. The maximum absolute atomic E-state index is 12.6. The van der Waals surface area contributed by atoms with E-state index in [1.54, 1.807) is 16.3 Å². The van der Waals surface area contributed by atoms with Crippen LogP contribution >= 0.6 is 23.1 Å². The predicted octanol–water partition coefficient (Wildman–Crippen LogP) is 4.89. The van der Waals surface area contributed by atoms with Crippen LogP contribution in [0.1, 0.15) is 31.7 Å². The molecule has 2 aromatic heterocycles. The van der Waals surface area contributed by atoms with E-state index in [1.807, 2.05) is 36.4 Å². The van der Waals surface area contributed by atoms with E-state index in [1.165, 1.54) is 11.3 Å². The Labute approximate surface area is 172 Å². The number of aryl methyl sites for hydroxylation is 1. The fraction of sp³-hybridized carbons (Fsp3) is 0.286. The normalized spacial score (nSPS) is 12.5. The van der Waals surface area contributed by atoms with Crippen LogP contribution in [0.5, 0.6) is 0 Å². The maximum Gasteiger partial charge on any atom is 0.308 e. The Morgan fingerprint density at radius 3 is 2.64 bits per heavy atom. The topological polar surface area (TPSA) is 52.7 Å². The lowest BCUT2D eigenvalue weighted by atomic mass is 10.2. The predicted molar refractivity (Wildman–Crippen MR) is 117 cm³/mol. The van der Waals surface area contributed by atoms with Crippen LogP contribution in [0.2, 0.25) is 0 Å². The van der Waals surface area contributed by atoms with Crippen LogP contribution in [0, 0.1) is 6.92 Å². The van der Waals surface area contributed by atoms with E-state index in [9.17, 15) is 4.79 Å². The Morgan fingerprint density at radius 1 is 1.11 bits per heavy atom. The van der Waals surface area contributed by atoms with E-state index in [-0.39, 0.29) is 4.87 Å². The fourth-order valence-corrected chi connectivity index (χ4v) is 4.92. The van der Waals surface area contributed by atoms with Gasteiger partial charge in [-0.25, -0.2) is 0 Å². The summed E-state index contributed by atoms with van der Waals surface area (Å²) in [7, 11) is 0. The lowest BCUT2D eigenvalue weighted by Crippen LogP contribution is -2.17. The standard InChI is InChI=1S/C21H22N4OS2/c1-4-15(3)27-20-23-22-19(25(20)16-10-6-5-9-14(16)2)13-24-17-11-7-8-12-18(17)28-21(24)26/h5-12,15H,4,13H2,1-3H3. The molecule has 0 fully saturated rings. The van der Waals surface area contributed by atoms with Gasteiger partial charge in [-0.3, -0.25) is 13.9 Å². The van der Waals surface area contributed by atoms with Crippen molar-refractivity contribution in [3.63, 3.8) is 0 Å². The maximum atomic E-state index is 12.6. The third-order valence-corrected chi connectivity index (χ3v) is 6.98. The van der Waals surface area contributed by atoms with Crippen LogP contribution < -0.4 is 4.87 Å². The molecule has 1 unspecified atom stereocenters. The molecule has 5 nitrogen and oxygen atoms in total. The molecule has 0 aliphatic carbocycles. The molecule has 28 heavy (non-hydrogen) atoms. The second kappa shape index (κ2) is 7.93.